The summed E-state index contributed by atoms with van der Waals surface area (Å²) in [7, 11) is 0. The lowest BCUT2D eigenvalue weighted by Crippen LogP contribution is -2.29. The van der Waals surface area contributed by atoms with E-state index in [0.717, 1.165) is 22.2 Å². The van der Waals surface area contributed by atoms with Crippen LogP contribution in [-0.4, -0.2) is 16.4 Å². The highest BCUT2D eigenvalue weighted by Gasteiger charge is 2.12. The summed E-state index contributed by atoms with van der Waals surface area (Å²) in [5.74, 6) is -0.173. The normalized spacial score (nSPS) is 11.9. The molecule has 1 aromatic heterocycles. The molecule has 0 saturated carbocycles. The second-order valence-corrected chi connectivity index (χ2v) is 6.06. The number of nitrogens with one attached hydrogen (secondary N) is 2. The zero-order valence-corrected chi connectivity index (χ0v) is 14.3. The van der Waals surface area contributed by atoms with Crippen LogP contribution < -0.4 is 10.6 Å². The van der Waals surface area contributed by atoms with E-state index in [9.17, 15) is 9.59 Å². The summed E-state index contributed by atoms with van der Waals surface area (Å²) in [6.45, 7) is 3.67. The molecular formula is C20H21N3O2. The van der Waals surface area contributed by atoms with Gasteiger partial charge in [0.25, 0.3) is 0 Å². The van der Waals surface area contributed by atoms with Gasteiger partial charge < -0.3 is 15.2 Å². The predicted molar refractivity (Wildman–Crippen MR) is 99.2 cm³/mol. The molecule has 0 spiro atoms. The molecule has 0 saturated heterocycles. The second-order valence-electron chi connectivity index (χ2n) is 6.06. The molecule has 0 aliphatic heterocycles. The van der Waals surface area contributed by atoms with Crippen molar-refractivity contribution in [2.45, 2.75) is 26.4 Å². The van der Waals surface area contributed by atoms with E-state index in [0.29, 0.717) is 0 Å². The first-order valence-corrected chi connectivity index (χ1v) is 8.24. The molecule has 0 aliphatic carbocycles. The Morgan fingerprint density at radius 3 is 2.52 bits per heavy atom. The molecule has 2 N–H and O–H groups in total. The lowest BCUT2D eigenvalue weighted by atomic mass is 10.1. The summed E-state index contributed by atoms with van der Waals surface area (Å²) < 4.78 is 1.88. The van der Waals surface area contributed by atoms with Gasteiger partial charge in [0.2, 0.25) is 11.8 Å². The Kier molecular flexibility index (Phi) is 4.84. The molecular weight excluding hydrogens is 314 g/mol. The van der Waals surface area contributed by atoms with E-state index in [1.54, 1.807) is 0 Å². The topological polar surface area (TPSA) is 63.1 Å². The van der Waals surface area contributed by atoms with Crippen LogP contribution in [0.2, 0.25) is 0 Å². The Hall–Kier alpha value is -3.08. The van der Waals surface area contributed by atoms with Gasteiger partial charge in [0, 0.05) is 18.5 Å². The van der Waals surface area contributed by atoms with Gasteiger partial charge in [0.15, 0.2) is 0 Å². The molecule has 5 heteroatoms. The number of benzene rings is 2. The lowest BCUT2D eigenvalue weighted by molar-refractivity contribution is -0.122. The number of carbonyl (C=O) groups excluding carboxylic acids is 2. The Bertz CT molecular complexity index is 900. The van der Waals surface area contributed by atoms with Crippen molar-refractivity contribution in [3.8, 4) is 0 Å². The maximum absolute atomic E-state index is 12.4. The van der Waals surface area contributed by atoms with Gasteiger partial charge in [-0.3, -0.25) is 9.59 Å². The maximum atomic E-state index is 12.4. The molecule has 5 nitrogen and oxygen atoms in total. The second kappa shape index (κ2) is 7.21. The number of fused-ring (bicyclic) bond motifs is 1. The number of carbonyl (C=O) groups is 2. The molecule has 0 bridgehead atoms. The lowest BCUT2D eigenvalue weighted by Gasteiger charge is -2.15. The average molecular weight is 335 g/mol. The summed E-state index contributed by atoms with van der Waals surface area (Å²) in [5, 5.41) is 6.75. The molecule has 0 fully saturated rings. The Morgan fingerprint density at radius 2 is 1.80 bits per heavy atom. The minimum Gasteiger partial charge on any atom is -0.348 e. The van der Waals surface area contributed by atoms with Crippen molar-refractivity contribution in [1.82, 2.24) is 9.88 Å². The molecule has 1 heterocycles. The molecule has 0 unspecified atom stereocenters. The van der Waals surface area contributed by atoms with Gasteiger partial charge >= 0.3 is 0 Å². The average Bonchev–Trinajstić information content (AvgIpc) is 2.99. The third-order valence-corrected chi connectivity index (χ3v) is 4.12. The molecule has 25 heavy (non-hydrogen) atoms. The maximum Gasteiger partial charge on any atom is 0.240 e. The van der Waals surface area contributed by atoms with Gasteiger partial charge in [0.05, 0.1) is 17.2 Å². The third-order valence-electron chi connectivity index (χ3n) is 4.12. The van der Waals surface area contributed by atoms with E-state index in [4.69, 9.17) is 0 Å². The van der Waals surface area contributed by atoms with Gasteiger partial charge in [-0.2, -0.15) is 0 Å². The molecule has 1 atom stereocenters. The molecule has 0 aliphatic rings. The van der Waals surface area contributed by atoms with E-state index in [1.165, 1.54) is 6.92 Å². The van der Waals surface area contributed by atoms with Gasteiger partial charge in [0.1, 0.15) is 6.54 Å². The molecule has 3 rings (SSSR count). The Morgan fingerprint density at radius 1 is 1.04 bits per heavy atom. The fourth-order valence-corrected chi connectivity index (χ4v) is 2.93. The molecule has 128 valence electrons. The first-order chi connectivity index (χ1) is 12.0. The van der Waals surface area contributed by atoms with E-state index in [2.05, 4.69) is 10.6 Å². The number of anilines is 1. The van der Waals surface area contributed by atoms with Crippen molar-refractivity contribution < 1.29 is 9.59 Å². The van der Waals surface area contributed by atoms with Crippen molar-refractivity contribution in [2.75, 3.05) is 5.32 Å². The zero-order chi connectivity index (χ0) is 17.8. The fourth-order valence-electron chi connectivity index (χ4n) is 2.93. The van der Waals surface area contributed by atoms with Crippen molar-refractivity contribution in [2.24, 2.45) is 0 Å². The Balaban J connectivity index is 1.74. The van der Waals surface area contributed by atoms with E-state index in [-0.39, 0.29) is 24.4 Å². The SMILES string of the molecule is CC(=O)Nc1cccc2c1ccn2CC(=O)N[C@@H](C)c1ccccc1. The third kappa shape index (κ3) is 3.88. The van der Waals surface area contributed by atoms with Crippen molar-refractivity contribution >= 4 is 28.4 Å². The summed E-state index contributed by atoms with van der Waals surface area (Å²) in [6.07, 6.45) is 1.86. The van der Waals surface area contributed by atoms with Crippen LogP contribution in [0.1, 0.15) is 25.5 Å². The number of hydrogen-bond acceptors (Lipinski definition) is 2. The van der Waals surface area contributed by atoms with Crippen molar-refractivity contribution in [3.05, 3.63) is 66.4 Å². The van der Waals surface area contributed by atoms with E-state index in [1.807, 2.05) is 72.3 Å². The molecule has 0 radical (unpaired) electrons. The largest absolute Gasteiger partial charge is 0.348 e. The quantitative estimate of drug-likeness (QED) is 0.750. The molecule has 2 aromatic carbocycles. The summed E-state index contributed by atoms with van der Waals surface area (Å²) in [5.41, 5.74) is 2.73. The molecule has 2 amide bonds. The van der Waals surface area contributed by atoms with Crippen LogP contribution >= 0.6 is 0 Å². The van der Waals surface area contributed by atoms with E-state index >= 15 is 0 Å². The number of amides is 2. The number of hydrogen-bond donors (Lipinski definition) is 2. The summed E-state index contributed by atoms with van der Waals surface area (Å²) in [6, 6.07) is 17.4. The van der Waals surface area contributed by atoms with Gasteiger partial charge in [-0.05, 0) is 30.7 Å². The Labute approximate surface area is 146 Å². The van der Waals surface area contributed by atoms with Crippen LogP contribution in [0.4, 0.5) is 5.69 Å². The minimum atomic E-state index is -0.116. The van der Waals surface area contributed by atoms with Gasteiger partial charge in [-0.15, -0.1) is 0 Å². The van der Waals surface area contributed by atoms with Gasteiger partial charge in [-0.25, -0.2) is 0 Å². The fraction of sp³-hybridized carbons (Fsp3) is 0.200. The van der Waals surface area contributed by atoms with Crippen molar-refractivity contribution in [3.63, 3.8) is 0 Å². The van der Waals surface area contributed by atoms with Crippen LogP contribution in [-0.2, 0) is 16.1 Å². The monoisotopic (exact) mass is 335 g/mol. The summed E-state index contributed by atoms with van der Waals surface area (Å²) >= 11 is 0. The standard InChI is InChI=1S/C20H21N3O2/c1-14(16-7-4-3-5-8-16)21-20(25)13-23-12-11-17-18(22-15(2)24)9-6-10-19(17)23/h3-12,14H,13H2,1-2H3,(H,21,25)(H,22,24)/t14-/m0/s1. The number of nitrogens with zero attached hydrogens (tertiary/aromatic N) is 1. The van der Waals surface area contributed by atoms with Crippen LogP contribution in [0.3, 0.4) is 0 Å². The molecule has 3 aromatic rings. The van der Waals surface area contributed by atoms with Crippen LogP contribution in [0.15, 0.2) is 60.8 Å². The first-order valence-electron chi connectivity index (χ1n) is 8.24. The minimum absolute atomic E-state index is 0.0505. The summed E-state index contributed by atoms with van der Waals surface area (Å²) in [4.78, 5) is 23.7. The van der Waals surface area contributed by atoms with E-state index < -0.39 is 0 Å². The smallest absolute Gasteiger partial charge is 0.240 e. The first kappa shape index (κ1) is 16.8. The highest BCUT2D eigenvalue weighted by atomic mass is 16.2. The highest BCUT2D eigenvalue weighted by molar-refractivity contribution is 6.01. The van der Waals surface area contributed by atoms with Crippen LogP contribution in [0.5, 0.6) is 0 Å². The van der Waals surface area contributed by atoms with Crippen molar-refractivity contribution in [1.29, 1.82) is 0 Å². The van der Waals surface area contributed by atoms with Crippen LogP contribution in [0.25, 0.3) is 10.9 Å². The van der Waals surface area contributed by atoms with Gasteiger partial charge in [-0.1, -0.05) is 36.4 Å². The number of rotatable bonds is 5. The predicted octanol–water partition coefficient (Wildman–Crippen LogP) is 3.48. The highest BCUT2D eigenvalue weighted by Crippen LogP contribution is 2.24. The van der Waals surface area contributed by atoms with Crippen LogP contribution in [0, 0.1) is 0 Å². The number of aromatic nitrogens is 1. The zero-order valence-electron chi connectivity index (χ0n) is 14.3.